The maximum absolute atomic E-state index is 4.77. The van der Waals surface area contributed by atoms with E-state index in [1.165, 1.54) is 5.56 Å². The number of benzene rings is 1. The summed E-state index contributed by atoms with van der Waals surface area (Å²) in [6.45, 7) is 6.46. The smallest absolute Gasteiger partial charge is 0.194 e. The Labute approximate surface area is 187 Å². The number of aryl methyl sites for hydroxylation is 1. The monoisotopic (exact) mass is 510 g/mol. The zero-order chi connectivity index (χ0) is 19.1. The molecule has 0 fully saturated rings. The van der Waals surface area contributed by atoms with Crippen LogP contribution in [0.1, 0.15) is 23.2 Å². The molecule has 0 radical (unpaired) electrons. The molecule has 8 heteroatoms. The summed E-state index contributed by atoms with van der Waals surface area (Å²) in [5.41, 5.74) is 3.42. The van der Waals surface area contributed by atoms with Gasteiger partial charge in [-0.3, -0.25) is 4.99 Å². The van der Waals surface area contributed by atoms with Crippen LogP contribution in [0, 0.1) is 6.92 Å². The molecule has 0 spiro atoms. The second-order valence-corrected chi connectivity index (χ2v) is 7.38. The standard InChI is InChI=1S/C20H26N6S.HI/c1-4-21-20(25(3)14-18-15-27-16(2)24-18)22-12-10-17-6-8-19(9-7-17)26-13-5-11-23-26;/h5-9,11,13,15H,4,10,12,14H2,1-3H3,(H,21,22);1H. The van der Waals surface area contributed by atoms with Crippen LogP contribution < -0.4 is 5.32 Å². The third-order valence-electron chi connectivity index (χ3n) is 4.13. The normalized spacial score (nSPS) is 11.2. The minimum absolute atomic E-state index is 0. The molecular formula is C20H27IN6S. The first-order valence-electron chi connectivity index (χ1n) is 9.15. The molecule has 0 atom stereocenters. The number of hydrogen-bond acceptors (Lipinski definition) is 4. The van der Waals surface area contributed by atoms with E-state index in [1.807, 2.05) is 23.9 Å². The lowest BCUT2D eigenvalue weighted by Crippen LogP contribution is -2.38. The van der Waals surface area contributed by atoms with E-state index in [0.717, 1.165) is 48.4 Å². The van der Waals surface area contributed by atoms with Gasteiger partial charge in [-0.15, -0.1) is 35.3 Å². The van der Waals surface area contributed by atoms with Crippen LogP contribution in [0.4, 0.5) is 0 Å². The van der Waals surface area contributed by atoms with Crippen LogP contribution in [-0.4, -0.2) is 45.8 Å². The fourth-order valence-corrected chi connectivity index (χ4v) is 3.40. The van der Waals surface area contributed by atoms with Crippen molar-refractivity contribution in [2.24, 2.45) is 4.99 Å². The molecule has 2 heterocycles. The Bertz CT molecular complexity index is 857. The van der Waals surface area contributed by atoms with Crippen LogP contribution >= 0.6 is 35.3 Å². The quantitative estimate of drug-likeness (QED) is 0.298. The summed E-state index contributed by atoms with van der Waals surface area (Å²) < 4.78 is 1.86. The van der Waals surface area contributed by atoms with Crippen molar-refractivity contribution in [3.8, 4) is 5.69 Å². The summed E-state index contributed by atoms with van der Waals surface area (Å²) in [7, 11) is 2.05. The number of guanidine groups is 1. The molecule has 0 aliphatic heterocycles. The van der Waals surface area contributed by atoms with E-state index in [0.29, 0.717) is 0 Å². The summed E-state index contributed by atoms with van der Waals surface area (Å²) in [6, 6.07) is 10.4. The predicted octanol–water partition coefficient (Wildman–Crippen LogP) is 3.90. The number of nitrogens with zero attached hydrogens (tertiary/aromatic N) is 5. The lowest BCUT2D eigenvalue weighted by atomic mass is 10.1. The first-order valence-corrected chi connectivity index (χ1v) is 10.0. The Kier molecular flexibility index (Phi) is 8.91. The largest absolute Gasteiger partial charge is 0.357 e. The predicted molar refractivity (Wildman–Crippen MR) is 127 cm³/mol. The Morgan fingerprint density at radius 1 is 1.29 bits per heavy atom. The highest BCUT2D eigenvalue weighted by Gasteiger charge is 2.08. The molecule has 0 aliphatic carbocycles. The minimum atomic E-state index is 0. The molecule has 0 amide bonds. The van der Waals surface area contributed by atoms with Crippen molar-refractivity contribution >= 4 is 41.3 Å². The molecule has 1 N–H and O–H groups in total. The van der Waals surface area contributed by atoms with Crippen LogP contribution in [-0.2, 0) is 13.0 Å². The summed E-state index contributed by atoms with van der Waals surface area (Å²) >= 11 is 1.68. The van der Waals surface area contributed by atoms with Gasteiger partial charge in [0.2, 0.25) is 0 Å². The van der Waals surface area contributed by atoms with Crippen molar-refractivity contribution in [3.63, 3.8) is 0 Å². The third kappa shape index (κ3) is 6.30. The van der Waals surface area contributed by atoms with Gasteiger partial charge >= 0.3 is 0 Å². The van der Waals surface area contributed by atoms with Gasteiger partial charge in [-0.25, -0.2) is 9.67 Å². The summed E-state index contributed by atoms with van der Waals surface area (Å²) in [4.78, 5) is 11.4. The molecule has 0 bridgehead atoms. The lowest BCUT2D eigenvalue weighted by molar-refractivity contribution is 0.471. The zero-order valence-electron chi connectivity index (χ0n) is 16.5. The van der Waals surface area contributed by atoms with Gasteiger partial charge in [-0.2, -0.15) is 5.10 Å². The lowest BCUT2D eigenvalue weighted by Gasteiger charge is -2.21. The van der Waals surface area contributed by atoms with E-state index in [2.05, 4.69) is 63.9 Å². The topological polar surface area (TPSA) is 58.3 Å². The van der Waals surface area contributed by atoms with Gasteiger partial charge in [0, 0.05) is 37.9 Å². The van der Waals surface area contributed by atoms with Gasteiger partial charge in [-0.05, 0) is 44.0 Å². The Morgan fingerprint density at radius 2 is 2.07 bits per heavy atom. The summed E-state index contributed by atoms with van der Waals surface area (Å²) in [5.74, 6) is 0.913. The van der Waals surface area contributed by atoms with Crippen LogP contribution in [0.5, 0.6) is 0 Å². The fourth-order valence-electron chi connectivity index (χ4n) is 2.80. The number of aliphatic imine (C=N–C) groups is 1. The zero-order valence-corrected chi connectivity index (χ0v) is 19.6. The van der Waals surface area contributed by atoms with Crippen LogP contribution in [0.3, 0.4) is 0 Å². The second kappa shape index (κ2) is 11.2. The number of nitrogens with one attached hydrogen (secondary N) is 1. The third-order valence-corrected chi connectivity index (χ3v) is 4.95. The molecule has 0 aliphatic rings. The fraction of sp³-hybridized carbons (Fsp3) is 0.350. The number of halogens is 1. The molecule has 3 rings (SSSR count). The van der Waals surface area contributed by atoms with Gasteiger partial charge in [-0.1, -0.05) is 12.1 Å². The maximum Gasteiger partial charge on any atom is 0.194 e. The van der Waals surface area contributed by atoms with Crippen molar-refractivity contribution in [2.45, 2.75) is 26.8 Å². The van der Waals surface area contributed by atoms with Gasteiger partial charge < -0.3 is 10.2 Å². The average molecular weight is 510 g/mol. The second-order valence-electron chi connectivity index (χ2n) is 6.32. The summed E-state index contributed by atoms with van der Waals surface area (Å²) in [5, 5.41) is 10.8. The molecule has 6 nitrogen and oxygen atoms in total. The molecule has 1 aromatic carbocycles. The van der Waals surface area contributed by atoms with Crippen molar-refractivity contribution in [1.29, 1.82) is 0 Å². The van der Waals surface area contributed by atoms with Crippen LogP contribution in [0.15, 0.2) is 53.1 Å². The first kappa shape index (κ1) is 22.4. The number of hydrogen-bond donors (Lipinski definition) is 1. The van der Waals surface area contributed by atoms with Crippen molar-refractivity contribution < 1.29 is 0 Å². The summed E-state index contributed by atoms with van der Waals surface area (Å²) in [6.07, 6.45) is 4.63. The van der Waals surface area contributed by atoms with Crippen molar-refractivity contribution in [3.05, 3.63) is 64.4 Å². The van der Waals surface area contributed by atoms with E-state index in [1.54, 1.807) is 17.5 Å². The van der Waals surface area contributed by atoms with E-state index < -0.39 is 0 Å². The van der Waals surface area contributed by atoms with E-state index >= 15 is 0 Å². The highest BCUT2D eigenvalue weighted by atomic mass is 127. The number of rotatable bonds is 7. The Hall–Kier alpha value is -1.94. The van der Waals surface area contributed by atoms with Gasteiger partial charge in [0.25, 0.3) is 0 Å². The van der Waals surface area contributed by atoms with Gasteiger partial charge in [0.15, 0.2) is 5.96 Å². The van der Waals surface area contributed by atoms with E-state index in [-0.39, 0.29) is 24.0 Å². The maximum atomic E-state index is 4.77. The molecule has 3 aromatic rings. The van der Waals surface area contributed by atoms with Crippen molar-refractivity contribution in [1.82, 2.24) is 25.0 Å². The molecule has 0 saturated carbocycles. The SMILES string of the molecule is CCNC(=NCCc1ccc(-n2cccn2)cc1)N(C)Cc1csc(C)n1.I. The van der Waals surface area contributed by atoms with Gasteiger partial charge in [0.1, 0.15) is 0 Å². The number of aromatic nitrogens is 3. The van der Waals surface area contributed by atoms with E-state index in [4.69, 9.17) is 4.99 Å². The molecule has 150 valence electrons. The average Bonchev–Trinajstić information content (AvgIpc) is 3.33. The first-order chi connectivity index (χ1) is 13.2. The Morgan fingerprint density at radius 3 is 2.68 bits per heavy atom. The molecule has 0 saturated heterocycles. The molecule has 28 heavy (non-hydrogen) atoms. The van der Waals surface area contributed by atoms with Gasteiger partial charge in [0.05, 0.1) is 22.9 Å². The molecular weight excluding hydrogens is 483 g/mol. The highest BCUT2D eigenvalue weighted by molar-refractivity contribution is 14.0. The molecule has 0 unspecified atom stereocenters. The van der Waals surface area contributed by atoms with Crippen molar-refractivity contribution in [2.75, 3.05) is 20.1 Å². The van der Waals surface area contributed by atoms with Crippen LogP contribution in [0.25, 0.3) is 5.69 Å². The highest BCUT2D eigenvalue weighted by Crippen LogP contribution is 2.11. The van der Waals surface area contributed by atoms with E-state index in [9.17, 15) is 0 Å². The number of thiazole rings is 1. The van der Waals surface area contributed by atoms with Crippen LogP contribution in [0.2, 0.25) is 0 Å². The minimum Gasteiger partial charge on any atom is -0.357 e. The molecule has 2 aromatic heterocycles. The Balaban J connectivity index is 0.00000280.